The molecule has 1 amide bonds. The smallest absolute Gasteiger partial charge is 0.226 e. The first kappa shape index (κ1) is 13.2. The van der Waals surface area contributed by atoms with E-state index in [9.17, 15) is 4.79 Å². The van der Waals surface area contributed by atoms with Crippen LogP contribution in [0.4, 0.5) is 0 Å². The number of hydrogen-bond donors (Lipinski definition) is 2. The number of imidazole rings is 1. The summed E-state index contributed by atoms with van der Waals surface area (Å²) >= 11 is 0. The largest absolute Gasteiger partial charge is 0.356 e. The van der Waals surface area contributed by atoms with Crippen LogP contribution in [0, 0.1) is 5.92 Å². The average molecular weight is 233 g/mol. The fourth-order valence-corrected chi connectivity index (χ4v) is 1.58. The van der Waals surface area contributed by atoms with Crippen molar-refractivity contribution in [3.8, 4) is 0 Å². The zero-order valence-corrected chi connectivity index (χ0v) is 9.98. The number of nitrogens with one attached hydrogen (secondary N) is 2. The molecule has 92 valence electrons. The second-order valence-electron chi connectivity index (χ2n) is 3.81. The maximum atomic E-state index is 11.1. The summed E-state index contributed by atoms with van der Waals surface area (Å²) in [6.45, 7) is 7.96. The van der Waals surface area contributed by atoms with Gasteiger partial charge in [-0.15, -0.1) is 6.58 Å². The Morgan fingerprint density at radius 1 is 1.41 bits per heavy atom. The Kier molecular flexibility index (Phi) is 5.79. The van der Waals surface area contributed by atoms with Crippen LogP contribution in [-0.4, -0.2) is 22.4 Å². The summed E-state index contributed by atoms with van der Waals surface area (Å²) in [6.07, 6.45) is 10.1. The summed E-state index contributed by atoms with van der Waals surface area (Å²) in [4.78, 5) is 17.8. The molecule has 2 heterocycles. The minimum atomic E-state index is 0.0579. The van der Waals surface area contributed by atoms with E-state index in [1.54, 1.807) is 24.5 Å². The molecule has 1 atom stereocenters. The third-order valence-electron chi connectivity index (χ3n) is 2.58. The number of amides is 1. The molecule has 0 spiro atoms. The fraction of sp³-hybridized carbons (Fsp3) is 0.385. The van der Waals surface area contributed by atoms with Gasteiger partial charge in [0, 0.05) is 18.9 Å². The lowest BCUT2D eigenvalue weighted by Crippen LogP contribution is -2.27. The number of rotatable bonds is 2. The molecule has 1 unspecified atom stereocenters. The SMILES string of the molecule is C=CC1CCCCNC1=O.C=Cc1ncc[nH]1. The predicted octanol–water partition coefficient (Wildman–Crippen LogP) is 2.14. The van der Waals surface area contributed by atoms with Crippen molar-refractivity contribution in [3.63, 3.8) is 0 Å². The van der Waals surface area contributed by atoms with Crippen molar-refractivity contribution in [2.75, 3.05) is 6.54 Å². The number of carbonyl (C=O) groups excluding carboxylic acids is 1. The Balaban J connectivity index is 0.000000181. The first-order chi connectivity index (χ1) is 8.27. The molecule has 1 aliphatic heterocycles. The lowest BCUT2D eigenvalue weighted by Gasteiger charge is -2.05. The van der Waals surface area contributed by atoms with Crippen LogP contribution in [0.3, 0.4) is 0 Å². The molecular formula is C13H19N3O. The Morgan fingerprint density at radius 2 is 2.24 bits per heavy atom. The maximum absolute atomic E-state index is 11.1. The molecule has 17 heavy (non-hydrogen) atoms. The molecular weight excluding hydrogens is 214 g/mol. The van der Waals surface area contributed by atoms with Crippen molar-refractivity contribution in [1.29, 1.82) is 0 Å². The Bertz CT molecular complexity index is 357. The molecule has 2 N–H and O–H groups in total. The molecule has 2 rings (SSSR count). The van der Waals surface area contributed by atoms with E-state index in [1.807, 2.05) is 0 Å². The third-order valence-corrected chi connectivity index (χ3v) is 2.58. The Morgan fingerprint density at radius 3 is 2.76 bits per heavy atom. The molecule has 0 saturated carbocycles. The van der Waals surface area contributed by atoms with Gasteiger partial charge in [-0.25, -0.2) is 4.98 Å². The van der Waals surface area contributed by atoms with Crippen LogP contribution in [-0.2, 0) is 4.79 Å². The maximum Gasteiger partial charge on any atom is 0.226 e. The topological polar surface area (TPSA) is 57.8 Å². The van der Waals surface area contributed by atoms with Crippen molar-refractivity contribution in [3.05, 3.63) is 37.5 Å². The number of aromatic nitrogens is 2. The van der Waals surface area contributed by atoms with Crippen LogP contribution >= 0.6 is 0 Å². The monoisotopic (exact) mass is 233 g/mol. The highest BCUT2D eigenvalue weighted by atomic mass is 16.1. The zero-order valence-electron chi connectivity index (χ0n) is 9.98. The molecule has 4 nitrogen and oxygen atoms in total. The summed E-state index contributed by atoms with van der Waals surface area (Å²) in [7, 11) is 0. The molecule has 1 aromatic heterocycles. The Hall–Kier alpha value is -1.84. The third kappa shape index (κ3) is 4.68. The van der Waals surface area contributed by atoms with Crippen molar-refractivity contribution in [2.24, 2.45) is 5.92 Å². The van der Waals surface area contributed by atoms with Crippen LogP contribution in [0.2, 0.25) is 0 Å². The van der Waals surface area contributed by atoms with Gasteiger partial charge >= 0.3 is 0 Å². The quantitative estimate of drug-likeness (QED) is 0.769. The van der Waals surface area contributed by atoms with Crippen molar-refractivity contribution in [2.45, 2.75) is 19.3 Å². The van der Waals surface area contributed by atoms with Crippen LogP contribution in [0.5, 0.6) is 0 Å². The van der Waals surface area contributed by atoms with Gasteiger partial charge in [-0.05, 0) is 18.9 Å². The molecule has 0 bridgehead atoms. The lowest BCUT2D eigenvalue weighted by atomic mass is 10.0. The second kappa shape index (κ2) is 7.44. The number of hydrogen-bond acceptors (Lipinski definition) is 2. The zero-order chi connectivity index (χ0) is 12.5. The number of nitrogens with zero attached hydrogens (tertiary/aromatic N) is 1. The molecule has 0 radical (unpaired) electrons. The highest BCUT2D eigenvalue weighted by Crippen LogP contribution is 2.12. The second-order valence-corrected chi connectivity index (χ2v) is 3.81. The number of aromatic amines is 1. The van der Waals surface area contributed by atoms with Gasteiger partial charge in [-0.1, -0.05) is 19.1 Å². The van der Waals surface area contributed by atoms with E-state index in [0.29, 0.717) is 0 Å². The number of H-pyrrole nitrogens is 1. The molecule has 1 aromatic rings. The van der Waals surface area contributed by atoms with E-state index in [2.05, 4.69) is 28.4 Å². The normalized spacial score (nSPS) is 19.3. The molecule has 1 aliphatic rings. The van der Waals surface area contributed by atoms with E-state index in [1.165, 1.54) is 0 Å². The highest BCUT2D eigenvalue weighted by molar-refractivity contribution is 5.80. The first-order valence-electron chi connectivity index (χ1n) is 5.80. The Labute approximate surface area is 102 Å². The van der Waals surface area contributed by atoms with Gasteiger partial charge in [-0.2, -0.15) is 0 Å². The lowest BCUT2D eigenvalue weighted by molar-refractivity contribution is -0.123. The van der Waals surface area contributed by atoms with Crippen LogP contribution in [0.25, 0.3) is 6.08 Å². The summed E-state index contributed by atoms with van der Waals surface area (Å²) in [5.41, 5.74) is 0. The fourth-order valence-electron chi connectivity index (χ4n) is 1.58. The van der Waals surface area contributed by atoms with Crippen molar-refractivity contribution in [1.82, 2.24) is 15.3 Å². The van der Waals surface area contributed by atoms with Gasteiger partial charge in [0.05, 0.1) is 5.92 Å². The minimum absolute atomic E-state index is 0.0579. The van der Waals surface area contributed by atoms with Gasteiger partial charge in [0.1, 0.15) is 5.82 Å². The summed E-state index contributed by atoms with van der Waals surface area (Å²) < 4.78 is 0. The van der Waals surface area contributed by atoms with E-state index >= 15 is 0 Å². The standard InChI is InChI=1S/C8H13NO.C5H6N2/c1-2-7-5-3-4-6-9-8(7)10;1-2-5-6-3-4-7-5/h2,7H,1,3-6H2,(H,9,10);2-4H,1H2,(H,6,7). The van der Waals surface area contributed by atoms with Crippen LogP contribution < -0.4 is 5.32 Å². The van der Waals surface area contributed by atoms with E-state index < -0.39 is 0 Å². The van der Waals surface area contributed by atoms with Gasteiger partial charge in [0.25, 0.3) is 0 Å². The summed E-state index contributed by atoms with van der Waals surface area (Å²) in [6, 6.07) is 0. The predicted molar refractivity (Wildman–Crippen MR) is 69.2 cm³/mol. The van der Waals surface area contributed by atoms with Gasteiger partial charge in [-0.3, -0.25) is 4.79 Å². The van der Waals surface area contributed by atoms with E-state index in [-0.39, 0.29) is 11.8 Å². The average Bonchev–Trinajstić information content (AvgIpc) is 2.79. The molecule has 1 fully saturated rings. The van der Waals surface area contributed by atoms with Gasteiger partial charge < -0.3 is 10.3 Å². The number of carbonyl (C=O) groups is 1. The molecule has 0 aliphatic carbocycles. The molecule has 1 saturated heterocycles. The first-order valence-corrected chi connectivity index (χ1v) is 5.80. The van der Waals surface area contributed by atoms with Gasteiger partial charge in [0.2, 0.25) is 5.91 Å². The van der Waals surface area contributed by atoms with E-state index in [4.69, 9.17) is 0 Å². The van der Waals surface area contributed by atoms with Crippen LogP contribution in [0.1, 0.15) is 25.1 Å². The molecule has 0 aromatic carbocycles. The van der Waals surface area contributed by atoms with Gasteiger partial charge in [0.15, 0.2) is 0 Å². The molecule has 4 heteroatoms. The van der Waals surface area contributed by atoms with Crippen molar-refractivity contribution < 1.29 is 4.79 Å². The highest BCUT2D eigenvalue weighted by Gasteiger charge is 2.16. The van der Waals surface area contributed by atoms with Crippen molar-refractivity contribution >= 4 is 12.0 Å². The summed E-state index contributed by atoms with van der Waals surface area (Å²) in [5, 5.41) is 2.84. The van der Waals surface area contributed by atoms with E-state index in [0.717, 1.165) is 31.6 Å². The summed E-state index contributed by atoms with van der Waals surface area (Å²) in [5.74, 6) is 1.02. The minimum Gasteiger partial charge on any atom is -0.356 e. The van der Waals surface area contributed by atoms with Crippen LogP contribution in [0.15, 0.2) is 31.6 Å².